The molecule has 1 N–H and O–H groups in total. The van der Waals surface area contributed by atoms with Crippen molar-refractivity contribution in [2.24, 2.45) is 5.92 Å². The summed E-state index contributed by atoms with van der Waals surface area (Å²) < 4.78 is 5.74. The van der Waals surface area contributed by atoms with Crippen LogP contribution in [0, 0.1) is 12.8 Å². The summed E-state index contributed by atoms with van der Waals surface area (Å²) >= 11 is 12.5. The average Bonchev–Trinajstić information content (AvgIpc) is 3.23. The van der Waals surface area contributed by atoms with Crippen LogP contribution in [0.5, 0.6) is 0 Å². The Hall–Kier alpha value is -2.90. The zero-order chi connectivity index (χ0) is 24.4. The molecule has 1 fully saturated rings. The van der Waals surface area contributed by atoms with Gasteiger partial charge in [0.1, 0.15) is 6.04 Å². The second kappa shape index (κ2) is 10.2. The number of carboxylic acid groups (broad SMARTS) is 1. The minimum Gasteiger partial charge on any atom is -0.481 e. The molecule has 4 atom stereocenters. The summed E-state index contributed by atoms with van der Waals surface area (Å²) in [7, 11) is 0. The first-order valence-corrected chi connectivity index (χ1v) is 11.9. The number of likely N-dealkylation sites (tertiary alicyclic amines) is 1. The highest BCUT2D eigenvalue weighted by Crippen LogP contribution is 2.50. The normalized spacial score (nSPS) is 21.5. The van der Waals surface area contributed by atoms with Gasteiger partial charge in [-0.25, -0.2) is 0 Å². The molecule has 2 aromatic carbocycles. The molecule has 3 aromatic rings. The predicted octanol–water partition coefficient (Wildman–Crippen LogP) is 5.98. The molecule has 178 valence electrons. The van der Waals surface area contributed by atoms with Crippen molar-refractivity contribution in [2.75, 3.05) is 0 Å². The zero-order valence-electron chi connectivity index (χ0n) is 18.8. The summed E-state index contributed by atoms with van der Waals surface area (Å²) in [5.41, 5.74) is 1.81. The van der Waals surface area contributed by atoms with Gasteiger partial charge in [0.2, 0.25) is 17.7 Å². The van der Waals surface area contributed by atoms with Crippen LogP contribution >= 0.6 is 23.2 Å². The molecule has 1 amide bonds. The molecule has 2 heterocycles. The van der Waals surface area contributed by atoms with E-state index in [9.17, 15) is 14.7 Å². The van der Waals surface area contributed by atoms with Gasteiger partial charge in [-0.05, 0) is 48.2 Å². The fourth-order valence-electron chi connectivity index (χ4n) is 4.85. The predicted molar refractivity (Wildman–Crippen MR) is 128 cm³/mol. The minimum absolute atomic E-state index is 0.208. The van der Waals surface area contributed by atoms with E-state index in [4.69, 9.17) is 27.6 Å². The Morgan fingerprint density at radius 1 is 1.15 bits per heavy atom. The molecule has 0 bridgehead atoms. The van der Waals surface area contributed by atoms with Gasteiger partial charge in [0.05, 0.1) is 12.5 Å². The van der Waals surface area contributed by atoms with E-state index in [1.807, 2.05) is 37.3 Å². The highest BCUT2D eigenvalue weighted by molar-refractivity contribution is 6.30. The molecule has 1 saturated heterocycles. The monoisotopic (exact) mass is 501 g/mol. The van der Waals surface area contributed by atoms with E-state index in [0.29, 0.717) is 34.7 Å². The third-order valence-corrected chi connectivity index (χ3v) is 6.77. The number of amides is 1. The molecule has 1 aliphatic heterocycles. The highest BCUT2D eigenvalue weighted by atomic mass is 35.5. The lowest BCUT2D eigenvalue weighted by Crippen LogP contribution is -2.49. The Balaban J connectivity index is 1.90. The van der Waals surface area contributed by atoms with E-state index in [1.54, 1.807) is 30.0 Å². The third kappa shape index (κ3) is 4.95. The summed E-state index contributed by atoms with van der Waals surface area (Å²) in [4.78, 5) is 27.3. The number of aromatic nitrogens is 2. The molecule has 0 spiro atoms. The van der Waals surface area contributed by atoms with Crippen molar-refractivity contribution in [1.82, 2.24) is 15.1 Å². The first-order chi connectivity index (χ1) is 16.3. The first-order valence-electron chi connectivity index (χ1n) is 11.1. The number of halogens is 2. The van der Waals surface area contributed by atoms with Gasteiger partial charge in [-0.1, -0.05) is 54.4 Å². The number of nitrogens with zero attached hydrogens (tertiary/aromatic N) is 3. The van der Waals surface area contributed by atoms with E-state index in [0.717, 1.165) is 11.1 Å². The molecular formula is C25H25Cl2N3O4. The van der Waals surface area contributed by atoms with E-state index >= 15 is 0 Å². The zero-order valence-corrected chi connectivity index (χ0v) is 20.3. The first kappa shape index (κ1) is 24.2. The minimum atomic E-state index is -1.02. The Morgan fingerprint density at radius 2 is 1.88 bits per heavy atom. The van der Waals surface area contributed by atoms with Crippen molar-refractivity contribution in [3.63, 3.8) is 0 Å². The van der Waals surface area contributed by atoms with Crippen LogP contribution in [0.15, 0.2) is 52.9 Å². The van der Waals surface area contributed by atoms with Crippen molar-refractivity contribution >= 4 is 35.1 Å². The van der Waals surface area contributed by atoms with Crippen LogP contribution < -0.4 is 0 Å². The Kier molecular flexibility index (Phi) is 7.24. The number of carbonyl (C=O) groups is 2. The molecule has 1 aromatic heterocycles. The topological polar surface area (TPSA) is 96.5 Å². The van der Waals surface area contributed by atoms with Crippen LogP contribution in [-0.2, 0) is 9.59 Å². The lowest BCUT2D eigenvalue weighted by atomic mass is 9.74. The lowest BCUT2D eigenvalue weighted by molar-refractivity contribution is -0.153. The molecule has 4 rings (SSSR count). The van der Waals surface area contributed by atoms with E-state index in [-0.39, 0.29) is 18.2 Å². The van der Waals surface area contributed by atoms with Crippen LogP contribution in [-0.4, -0.2) is 32.1 Å². The number of carbonyl (C=O) groups excluding carboxylic acids is 1. The summed E-state index contributed by atoms with van der Waals surface area (Å²) in [5.74, 6) is -1.45. The number of hydrogen-bond donors (Lipinski definition) is 1. The van der Waals surface area contributed by atoms with Gasteiger partial charge in [-0.2, -0.15) is 0 Å². The van der Waals surface area contributed by atoms with E-state index in [2.05, 4.69) is 10.2 Å². The maximum Gasteiger partial charge on any atom is 0.304 e. The molecule has 9 heteroatoms. The Labute approximate surface area is 207 Å². The van der Waals surface area contributed by atoms with Crippen LogP contribution in [0.2, 0.25) is 10.0 Å². The molecule has 1 unspecified atom stereocenters. The maximum atomic E-state index is 13.9. The number of piperidine rings is 1. The van der Waals surface area contributed by atoms with Crippen LogP contribution in [0.25, 0.3) is 0 Å². The number of carboxylic acids is 1. The van der Waals surface area contributed by atoms with Gasteiger partial charge in [0, 0.05) is 28.8 Å². The van der Waals surface area contributed by atoms with Crippen molar-refractivity contribution in [3.05, 3.63) is 81.5 Å². The quantitative estimate of drug-likeness (QED) is 0.427. The van der Waals surface area contributed by atoms with Crippen molar-refractivity contribution < 1.29 is 19.1 Å². The molecule has 0 aliphatic carbocycles. The summed E-state index contributed by atoms with van der Waals surface area (Å²) in [6.45, 7) is 3.63. The number of rotatable bonds is 7. The Morgan fingerprint density at radius 3 is 2.47 bits per heavy atom. The molecule has 0 radical (unpaired) electrons. The van der Waals surface area contributed by atoms with Gasteiger partial charge >= 0.3 is 5.97 Å². The number of aryl methyl sites for hydroxylation is 1. The van der Waals surface area contributed by atoms with Gasteiger partial charge in [0.25, 0.3) is 0 Å². The second-order valence-electron chi connectivity index (χ2n) is 8.52. The van der Waals surface area contributed by atoms with E-state index in [1.165, 1.54) is 0 Å². The number of aliphatic carboxylic acids is 1. The Bertz CT molecular complexity index is 1180. The lowest BCUT2D eigenvalue weighted by Gasteiger charge is -2.47. The van der Waals surface area contributed by atoms with Crippen molar-refractivity contribution in [3.8, 4) is 0 Å². The van der Waals surface area contributed by atoms with Crippen LogP contribution in [0.4, 0.5) is 0 Å². The fraction of sp³-hybridized carbons (Fsp3) is 0.360. The number of benzene rings is 2. The average molecular weight is 502 g/mol. The third-order valence-electron chi connectivity index (χ3n) is 6.28. The second-order valence-corrected chi connectivity index (χ2v) is 9.39. The van der Waals surface area contributed by atoms with Gasteiger partial charge in [-0.15, -0.1) is 10.2 Å². The molecule has 34 heavy (non-hydrogen) atoms. The van der Waals surface area contributed by atoms with Crippen molar-refractivity contribution in [1.29, 1.82) is 0 Å². The summed E-state index contributed by atoms with van der Waals surface area (Å²) in [6.07, 6.45) is 0.618. The smallest absolute Gasteiger partial charge is 0.304 e. The standard InChI is InChI=1S/C25H25Cl2N3O4/c1-3-21(24-29-28-14(2)34-24)30-23(15-7-9-18(26)10-8-15)20(16-5-4-6-19(27)11-16)12-17(25(30)33)13-22(31)32/h4-11,17,20-21,23H,3,12-13H2,1-2H3,(H,31,32)/t17-,20-,21+,23?/m1/s1. The summed E-state index contributed by atoms with van der Waals surface area (Å²) in [5, 5.41) is 18.9. The van der Waals surface area contributed by atoms with Crippen LogP contribution in [0.3, 0.4) is 0 Å². The largest absolute Gasteiger partial charge is 0.481 e. The van der Waals surface area contributed by atoms with E-state index < -0.39 is 24.0 Å². The van der Waals surface area contributed by atoms with Crippen LogP contribution in [0.1, 0.15) is 67.1 Å². The maximum absolute atomic E-state index is 13.9. The SMILES string of the molecule is CC[C@@H](c1nnc(C)o1)N1C(=O)[C@@H](CC(=O)O)C[C@H](c2cccc(Cl)c2)C1c1ccc(Cl)cc1. The molecule has 0 saturated carbocycles. The highest BCUT2D eigenvalue weighted by Gasteiger charge is 2.47. The molecular weight excluding hydrogens is 477 g/mol. The number of hydrogen-bond acceptors (Lipinski definition) is 5. The van der Waals surface area contributed by atoms with Gasteiger partial charge < -0.3 is 14.4 Å². The molecule has 7 nitrogen and oxygen atoms in total. The fourth-order valence-corrected chi connectivity index (χ4v) is 5.18. The molecule has 1 aliphatic rings. The summed E-state index contributed by atoms with van der Waals surface area (Å²) in [6, 6.07) is 13.9. The van der Waals surface area contributed by atoms with Gasteiger partial charge in [-0.3, -0.25) is 9.59 Å². The van der Waals surface area contributed by atoms with Crippen molar-refractivity contribution in [2.45, 2.75) is 51.1 Å². The van der Waals surface area contributed by atoms with Gasteiger partial charge in [0.15, 0.2) is 0 Å².